The minimum absolute atomic E-state index is 0. The molecule has 1 aliphatic heterocycles. The third kappa shape index (κ3) is 3.51. The Hall–Kier alpha value is -2.22. The van der Waals surface area contributed by atoms with Crippen LogP contribution in [-0.2, 0) is 7.05 Å². The molecule has 0 spiro atoms. The van der Waals surface area contributed by atoms with Crippen molar-refractivity contribution >= 4 is 29.7 Å². The molecule has 0 radical (unpaired) electrons. The van der Waals surface area contributed by atoms with E-state index in [-0.39, 0.29) is 30.3 Å². The van der Waals surface area contributed by atoms with E-state index in [2.05, 4.69) is 22.2 Å². The van der Waals surface area contributed by atoms with E-state index < -0.39 is 0 Å². The molecule has 3 heterocycles. The number of halogens is 1. The van der Waals surface area contributed by atoms with Crippen LogP contribution in [0.5, 0.6) is 0 Å². The smallest absolute Gasteiger partial charge is 0.273 e. The molecule has 1 aliphatic rings. The van der Waals surface area contributed by atoms with Crippen molar-refractivity contribution in [1.29, 1.82) is 0 Å². The summed E-state index contributed by atoms with van der Waals surface area (Å²) in [5.41, 5.74) is 8.87. The van der Waals surface area contributed by atoms with E-state index >= 15 is 0 Å². The molecule has 4 rings (SSSR count). The van der Waals surface area contributed by atoms with Gasteiger partial charge in [-0.3, -0.25) is 9.48 Å². The molecule has 2 N–H and O–H groups in total. The van der Waals surface area contributed by atoms with Gasteiger partial charge in [0, 0.05) is 49.2 Å². The Balaban J connectivity index is 0.00000196. The predicted octanol–water partition coefficient (Wildman–Crippen LogP) is 2.53. The zero-order valence-corrected chi connectivity index (χ0v) is 15.9. The van der Waals surface area contributed by atoms with Gasteiger partial charge in [0.2, 0.25) is 0 Å². The molecule has 1 amide bonds. The summed E-state index contributed by atoms with van der Waals surface area (Å²) in [4.78, 5) is 19.1. The minimum Gasteiger partial charge on any atom is -0.335 e. The fourth-order valence-electron chi connectivity index (χ4n) is 3.25. The minimum atomic E-state index is -0.0553. The predicted molar refractivity (Wildman–Crippen MR) is 105 cm³/mol. The van der Waals surface area contributed by atoms with Gasteiger partial charge in [-0.05, 0) is 5.56 Å². The summed E-state index contributed by atoms with van der Waals surface area (Å²) in [5.74, 6) is 0.113. The molecule has 6 nitrogen and oxygen atoms in total. The van der Waals surface area contributed by atoms with Gasteiger partial charge in [-0.25, -0.2) is 4.98 Å². The number of carbonyl (C=O) groups excluding carboxylic acids is 1. The number of carbonyl (C=O) groups is 1. The summed E-state index contributed by atoms with van der Waals surface area (Å²) in [5, 5.41) is 6.77. The number of aryl methyl sites for hydroxylation is 1. The fourth-order valence-corrected chi connectivity index (χ4v) is 4.02. The van der Waals surface area contributed by atoms with Gasteiger partial charge in [0.1, 0.15) is 10.7 Å². The number of hydrogen-bond acceptors (Lipinski definition) is 5. The fraction of sp³-hybridized carbons (Fsp3) is 0.278. The number of thiazole rings is 1. The van der Waals surface area contributed by atoms with Crippen LogP contribution in [-0.4, -0.2) is 44.7 Å². The third-order valence-corrected chi connectivity index (χ3v) is 5.45. The number of benzene rings is 1. The van der Waals surface area contributed by atoms with Crippen molar-refractivity contribution in [2.75, 3.05) is 13.1 Å². The number of nitrogens with two attached hydrogens (primary N) is 1. The Morgan fingerprint density at radius 2 is 2.04 bits per heavy atom. The molecular formula is C18H20ClN5OS. The van der Waals surface area contributed by atoms with Crippen molar-refractivity contribution in [3.8, 4) is 10.6 Å². The first kappa shape index (κ1) is 18.6. The Kier molecular flexibility index (Phi) is 5.41. The Labute approximate surface area is 162 Å². The molecule has 2 aromatic heterocycles. The molecule has 1 fully saturated rings. The lowest BCUT2D eigenvalue weighted by molar-refractivity contribution is 0.0784. The van der Waals surface area contributed by atoms with Crippen LogP contribution in [0.1, 0.15) is 22.0 Å². The highest BCUT2D eigenvalue weighted by molar-refractivity contribution is 7.13. The average molecular weight is 390 g/mol. The van der Waals surface area contributed by atoms with E-state index in [1.807, 2.05) is 41.7 Å². The Morgan fingerprint density at radius 3 is 2.73 bits per heavy atom. The van der Waals surface area contributed by atoms with E-state index in [1.165, 1.54) is 16.9 Å². The largest absolute Gasteiger partial charge is 0.335 e. The molecular weight excluding hydrogens is 370 g/mol. The van der Waals surface area contributed by atoms with E-state index in [1.54, 1.807) is 10.9 Å². The molecule has 1 aromatic carbocycles. The van der Waals surface area contributed by atoms with Crippen LogP contribution in [0.2, 0.25) is 0 Å². The first-order valence-electron chi connectivity index (χ1n) is 8.16. The molecule has 2 atom stereocenters. The maximum Gasteiger partial charge on any atom is 0.273 e. The second-order valence-corrected chi connectivity index (χ2v) is 7.19. The lowest BCUT2D eigenvalue weighted by Gasteiger charge is -2.15. The van der Waals surface area contributed by atoms with Crippen LogP contribution in [0.4, 0.5) is 0 Å². The van der Waals surface area contributed by atoms with Gasteiger partial charge in [-0.1, -0.05) is 30.3 Å². The summed E-state index contributed by atoms with van der Waals surface area (Å²) < 4.78 is 1.72. The van der Waals surface area contributed by atoms with Gasteiger partial charge in [-0.2, -0.15) is 5.10 Å². The van der Waals surface area contributed by atoms with Crippen molar-refractivity contribution in [2.45, 2.75) is 12.0 Å². The summed E-state index contributed by atoms with van der Waals surface area (Å²) >= 11 is 1.46. The second kappa shape index (κ2) is 7.57. The van der Waals surface area contributed by atoms with Crippen LogP contribution in [0.3, 0.4) is 0 Å². The number of hydrogen-bond donors (Lipinski definition) is 1. The molecule has 0 unspecified atom stereocenters. The molecule has 26 heavy (non-hydrogen) atoms. The summed E-state index contributed by atoms with van der Waals surface area (Å²) in [7, 11) is 1.86. The van der Waals surface area contributed by atoms with Crippen molar-refractivity contribution in [1.82, 2.24) is 19.7 Å². The first-order chi connectivity index (χ1) is 12.1. The van der Waals surface area contributed by atoms with Crippen molar-refractivity contribution in [3.05, 3.63) is 59.4 Å². The lowest BCUT2D eigenvalue weighted by atomic mass is 9.95. The van der Waals surface area contributed by atoms with Gasteiger partial charge in [-0.15, -0.1) is 23.7 Å². The zero-order chi connectivity index (χ0) is 17.4. The second-order valence-electron chi connectivity index (χ2n) is 6.33. The van der Waals surface area contributed by atoms with Crippen LogP contribution in [0.25, 0.3) is 10.6 Å². The molecule has 3 aromatic rings. The van der Waals surface area contributed by atoms with E-state index in [0.29, 0.717) is 18.8 Å². The molecule has 8 heteroatoms. The number of rotatable bonds is 3. The van der Waals surface area contributed by atoms with Gasteiger partial charge >= 0.3 is 0 Å². The van der Waals surface area contributed by atoms with Crippen molar-refractivity contribution in [3.63, 3.8) is 0 Å². The summed E-state index contributed by atoms with van der Waals surface area (Å²) in [6.07, 6.45) is 3.65. The number of likely N-dealkylation sites (tertiary alicyclic amines) is 1. The van der Waals surface area contributed by atoms with Crippen molar-refractivity contribution in [2.24, 2.45) is 12.8 Å². The summed E-state index contributed by atoms with van der Waals surface area (Å²) in [6.45, 7) is 1.18. The Morgan fingerprint density at radius 1 is 1.27 bits per heavy atom. The highest BCUT2D eigenvalue weighted by atomic mass is 35.5. The Bertz CT molecular complexity index is 894. The maximum absolute atomic E-state index is 12.8. The number of nitrogens with zero attached hydrogens (tertiary/aromatic N) is 4. The third-order valence-electron chi connectivity index (χ3n) is 4.56. The van der Waals surface area contributed by atoms with Gasteiger partial charge in [0.15, 0.2) is 0 Å². The zero-order valence-electron chi connectivity index (χ0n) is 14.3. The molecule has 1 saturated heterocycles. The quantitative estimate of drug-likeness (QED) is 0.746. The summed E-state index contributed by atoms with van der Waals surface area (Å²) in [6, 6.07) is 10.1. The van der Waals surface area contributed by atoms with Crippen LogP contribution < -0.4 is 5.73 Å². The van der Waals surface area contributed by atoms with Gasteiger partial charge in [0.25, 0.3) is 5.91 Å². The monoisotopic (exact) mass is 389 g/mol. The number of amides is 1. The van der Waals surface area contributed by atoms with Gasteiger partial charge in [0.05, 0.1) is 6.20 Å². The average Bonchev–Trinajstić information content (AvgIpc) is 3.34. The maximum atomic E-state index is 12.8. The highest BCUT2D eigenvalue weighted by Gasteiger charge is 2.34. The standard InChI is InChI=1S/C18H19N5OS.ClH/c1-22-8-13(7-20-22)17-21-16(11-25-17)18(24)23-9-14(15(19)10-23)12-5-3-2-4-6-12;/h2-8,11,14-15H,9-10,19H2,1H3;1H/t14-,15+;/m0./s1. The van der Waals surface area contributed by atoms with Crippen LogP contribution in [0.15, 0.2) is 48.1 Å². The molecule has 136 valence electrons. The van der Waals surface area contributed by atoms with Crippen LogP contribution in [0, 0.1) is 0 Å². The van der Waals surface area contributed by atoms with E-state index in [0.717, 1.165) is 10.6 Å². The van der Waals surface area contributed by atoms with Crippen LogP contribution >= 0.6 is 23.7 Å². The highest BCUT2D eigenvalue weighted by Crippen LogP contribution is 2.29. The van der Waals surface area contributed by atoms with E-state index in [4.69, 9.17) is 5.73 Å². The first-order valence-corrected chi connectivity index (χ1v) is 9.04. The lowest BCUT2D eigenvalue weighted by Crippen LogP contribution is -2.32. The SMILES string of the molecule is Cl.Cn1cc(-c2nc(C(=O)N3C[C@@H](N)[C@H](c4ccccc4)C3)cs2)cn1. The molecule has 0 aliphatic carbocycles. The topological polar surface area (TPSA) is 77.0 Å². The van der Waals surface area contributed by atoms with Crippen molar-refractivity contribution < 1.29 is 4.79 Å². The number of aromatic nitrogens is 3. The van der Waals surface area contributed by atoms with E-state index in [9.17, 15) is 4.79 Å². The van der Waals surface area contributed by atoms with Gasteiger partial charge < -0.3 is 10.6 Å². The molecule has 0 bridgehead atoms. The molecule has 0 saturated carbocycles. The normalized spacial score (nSPS) is 19.4.